The zero-order valence-corrected chi connectivity index (χ0v) is 10.5. The number of nitrogens with one attached hydrogen (secondary N) is 2. The molecule has 8 heteroatoms. The first-order valence-corrected chi connectivity index (χ1v) is 5.70. The summed E-state index contributed by atoms with van der Waals surface area (Å²) in [7, 11) is 0. The van der Waals surface area contributed by atoms with Crippen molar-refractivity contribution in [1.82, 2.24) is 5.32 Å². The van der Waals surface area contributed by atoms with Crippen LogP contribution in [0.15, 0.2) is 12.1 Å². The van der Waals surface area contributed by atoms with E-state index in [4.69, 9.17) is 5.11 Å². The number of halogens is 3. The average molecular weight is 290 g/mol. The van der Waals surface area contributed by atoms with Gasteiger partial charge >= 0.3 is 12.0 Å². The first-order chi connectivity index (χ1) is 9.29. The number of rotatable bonds is 5. The summed E-state index contributed by atoms with van der Waals surface area (Å²) >= 11 is 0. The van der Waals surface area contributed by atoms with Crippen LogP contribution < -0.4 is 10.6 Å². The Labute approximate surface area is 112 Å². The fraction of sp³-hybridized carbons (Fsp3) is 0.333. The Balaban J connectivity index is 2.55. The predicted octanol–water partition coefficient (Wildman–Crippen LogP) is 2.34. The zero-order valence-electron chi connectivity index (χ0n) is 10.5. The van der Waals surface area contributed by atoms with Gasteiger partial charge in [-0.05, 0) is 5.92 Å². The molecule has 0 aliphatic rings. The van der Waals surface area contributed by atoms with E-state index >= 15 is 0 Å². The van der Waals surface area contributed by atoms with Gasteiger partial charge in [0, 0.05) is 25.1 Å². The average Bonchev–Trinajstić information content (AvgIpc) is 2.32. The van der Waals surface area contributed by atoms with E-state index in [2.05, 4.69) is 5.32 Å². The maximum absolute atomic E-state index is 13.2. The van der Waals surface area contributed by atoms with Gasteiger partial charge in [0.1, 0.15) is 5.82 Å². The zero-order chi connectivity index (χ0) is 15.3. The van der Waals surface area contributed by atoms with E-state index in [0.29, 0.717) is 12.1 Å². The summed E-state index contributed by atoms with van der Waals surface area (Å²) in [4.78, 5) is 21.8. The molecule has 2 amide bonds. The van der Waals surface area contributed by atoms with Gasteiger partial charge in [-0.2, -0.15) is 0 Å². The van der Waals surface area contributed by atoms with Gasteiger partial charge in [-0.25, -0.2) is 18.0 Å². The molecule has 1 aromatic rings. The number of hydrogen-bond donors (Lipinski definition) is 3. The lowest BCUT2D eigenvalue weighted by molar-refractivity contribution is -0.137. The molecule has 0 aliphatic carbocycles. The van der Waals surface area contributed by atoms with Crippen molar-refractivity contribution in [2.24, 2.45) is 5.92 Å². The number of carbonyl (C=O) groups excluding carboxylic acids is 1. The summed E-state index contributed by atoms with van der Waals surface area (Å²) in [6.45, 7) is 1.65. The van der Waals surface area contributed by atoms with Crippen LogP contribution in [0.4, 0.5) is 23.7 Å². The molecule has 0 aromatic heterocycles. The summed E-state index contributed by atoms with van der Waals surface area (Å²) in [6.07, 6.45) is -0.139. The Morgan fingerprint density at radius 2 is 1.80 bits per heavy atom. The fourth-order valence-corrected chi connectivity index (χ4v) is 1.42. The van der Waals surface area contributed by atoms with Crippen LogP contribution in [0.1, 0.15) is 13.3 Å². The van der Waals surface area contributed by atoms with Crippen LogP contribution >= 0.6 is 0 Å². The highest BCUT2D eigenvalue weighted by molar-refractivity contribution is 5.89. The number of amides is 2. The van der Waals surface area contributed by atoms with Gasteiger partial charge in [0.15, 0.2) is 11.6 Å². The van der Waals surface area contributed by atoms with E-state index in [9.17, 15) is 22.8 Å². The van der Waals surface area contributed by atoms with Gasteiger partial charge in [0.25, 0.3) is 0 Å². The fourth-order valence-electron chi connectivity index (χ4n) is 1.42. The highest BCUT2D eigenvalue weighted by Crippen LogP contribution is 2.18. The highest BCUT2D eigenvalue weighted by atomic mass is 19.2. The monoisotopic (exact) mass is 290 g/mol. The standard InChI is InChI=1S/C12H13F3N2O3/c1-6(2-11(18)19)5-16-12(20)17-10-4-8(14)7(13)3-9(10)15/h3-4,6H,2,5H2,1H3,(H,18,19)(H2,16,17,20). The van der Waals surface area contributed by atoms with E-state index in [-0.39, 0.29) is 18.9 Å². The van der Waals surface area contributed by atoms with Crippen molar-refractivity contribution >= 4 is 17.7 Å². The quantitative estimate of drug-likeness (QED) is 0.728. The van der Waals surface area contributed by atoms with E-state index in [0.717, 1.165) is 0 Å². The van der Waals surface area contributed by atoms with Crippen LogP contribution in [0.5, 0.6) is 0 Å². The van der Waals surface area contributed by atoms with Gasteiger partial charge in [-0.1, -0.05) is 6.92 Å². The first kappa shape index (κ1) is 15.8. The van der Waals surface area contributed by atoms with Crippen molar-refractivity contribution in [2.75, 3.05) is 11.9 Å². The third-order valence-electron chi connectivity index (χ3n) is 2.39. The van der Waals surface area contributed by atoms with Crippen molar-refractivity contribution in [1.29, 1.82) is 0 Å². The van der Waals surface area contributed by atoms with E-state index in [1.165, 1.54) is 0 Å². The molecule has 0 spiro atoms. The van der Waals surface area contributed by atoms with Crippen LogP contribution in [-0.2, 0) is 4.79 Å². The minimum absolute atomic E-state index is 0.0451. The van der Waals surface area contributed by atoms with Gasteiger partial charge < -0.3 is 15.7 Å². The number of anilines is 1. The van der Waals surface area contributed by atoms with Crippen LogP contribution in [0.25, 0.3) is 0 Å². The molecular formula is C12H13F3N2O3. The molecule has 0 saturated heterocycles. The number of carboxylic acid groups (broad SMARTS) is 1. The first-order valence-electron chi connectivity index (χ1n) is 5.70. The Hall–Kier alpha value is -2.25. The van der Waals surface area contributed by atoms with Gasteiger partial charge in [-0.15, -0.1) is 0 Å². The molecule has 0 heterocycles. The minimum Gasteiger partial charge on any atom is -0.481 e. The molecule has 0 radical (unpaired) electrons. The Morgan fingerprint density at radius 3 is 2.40 bits per heavy atom. The van der Waals surface area contributed by atoms with Gasteiger partial charge in [-0.3, -0.25) is 4.79 Å². The Kier molecular flexibility index (Phi) is 5.36. The molecule has 1 rings (SSSR count). The summed E-state index contributed by atoms with van der Waals surface area (Å²) < 4.78 is 38.8. The molecule has 0 aliphatic heterocycles. The lowest BCUT2D eigenvalue weighted by atomic mass is 10.1. The second-order valence-electron chi connectivity index (χ2n) is 4.28. The molecule has 1 unspecified atom stereocenters. The SMILES string of the molecule is CC(CNC(=O)Nc1cc(F)c(F)cc1F)CC(=O)O. The number of benzene rings is 1. The number of urea groups is 1. The van der Waals surface area contributed by atoms with Crippen LogP contribution in [0.2, 0.25) is 0 Å². The summed E-state index contributed by atoms with van der Waals surface area (Å²) in [5, 5.41) is 12.8. The van der Waals surface area contributed by atoms with Crippen molar-refractivity contribution < 1.29 is 27.9 Å². The normalized spacial score (nSPS) is 11.8. The summed E-state index contributed by atoms with van der Waals surface area (Å²) in [6, 6.07) is -0.00437. The van der Waals surface area contributed by atoms with Crippen LogP contribution in [0, 0.1) is 23.4 Å². The maximum atomic E-state index is 13.2. The van der Waals surface area contributed by atoms with Crippen molar-refractivity contribution in [2.45, 2.75) is 13.3 Å². The molecule has 1 atom stereocenters. The number of carboxylic acids is 1. The lowest BCUT2D eigenvalue weighted by Crippen LogP contribution is -2.33. The molecular weight excluding hydrogens is 277 g/mol. The summed E-state index contributed by atoms with van der Waals surface area (Å²) in [5.74, 6) is -5.10. The third kappa shape index (κ3) is 4.79. The van der Waals surface area contributed by atoms with Crippen LogP contribution in [-0.4, -0.2) is 23.7 Å². The molecule has 0 fully saturated rings. The highest BCUT2D eigenvalue weighted by Gasteiger charge is 2.13. The molecule has 0 saturated carbocycles. The topological polar surface area (TPSA) is 78.4 Å². The number of aliphatic carboxylic acids is 1. The Bertz CT molecular complexity index is 523. The van der Waals surface area contributed by atoms with Crippen molar-refractivity contribution in [3.05, 3.63) is 29.6 Å². The second kappa shape index (κ2) is 6.78. The maximum Gasteiger partial charge on any atom is 0.319 e. The number of carbonyl (C=O) groups is 2. The third-order valence-corrected chi connectivity index (χ3v) is 2.39. The second-order valence-corrected chi connectivity index (χ2v) is 4.28. The smallest absolute Gasteiger partial charge is 0.319 e. The lowest BCUT2D eigenvalue weighted by Gasteiger charge is -2.12. The molecule has 110 valence electrons. The molecule has 1 aromatic carbocycles. The number of hydrogen-bond acceptors (Lipinski definition) is 2. The van der Waals surface area contributed by atoms with Crippen molar-refractivity contribution in [3.8, 4) is 0 Å². The molecule has 3 N–H and O–H groups in total. The summed E-state index contributed by atoms with van der Waals surface area (Å²) in [5.41, 5.74) is -0.507. The molecule has 5 nitrogen and oxygen atoms in total. The largest absolute Gasteiger partial charge is 0.481 e. The molecule has 0 bridgehead atoms. The predicted molar refractivity (Wildman–Crippen MR) is 64.8 cm³/mol. The van der Waals surface area contributed by atoms with Gasteiger partial charge in [0.2, 0.25) is 0 Å². The van der Waals surface area contributed by atoms with E-state index in [1.807, 2.05) is 5.32 Å². The van der Waals surface area contributed by atoms with E-state index < -0.39 is 35.1 Å². The van der Waals surface area contributed by atoms with Crippen molar-refractivity contribution in [3.63, 3.8) is 0 Å². The minimum atomic E-state index is -1.36. The Morgan fingerprint density at radius 1 is 1.20 bits per heavy atom. The molecule has 20 heavy (non-hydrogen) atoms. The van der Waals surface area contributed by atoms with Gasteiger partial charge in [0.05, 0.1) is 5.69 Å². The van der Waals surface area contributed by atoms with Crippen LogP contribution in [0.3, 0.4) is 0 Å². The van der Waals surface area contributed by atoms with E-state index in [1.54, 1.807) is 6.92 Å².